The fourth-order valence-corrected chi connectivity index (χ4v) is 1.82. The molecule has 1 aromatic carbocycles. The van der Waals surface area contributed by atoms with Gasteiger partial charge in [-0.15, -0.1) is 0 Å². The van der Waals surface area contributed by atoms with Crippen molar-refractivity contribution in [2.75, 3.05) is 0 Å². The number of allylic oxidation sites excluding steroid dienone is 1. The van der Waals surface area contributed by atoms with Crippen LogP contribution >= 0.6 is 11.8 Å². The van der Waals surface area contributed by atoms with E-state index >= 15 is 0 Å². The molecule has 0 atom stereocenters. The number of carbonyl (C=O) groups is 1. The molecule has 0 aliphatic carbocycles. The predicted octanol–water partition coefficient (Wildman–Crippen LogP) is 2.97. The molecule has 0 bridgehead atoms. The van der Waals surface area contributed by atoms with Crippen LogP contribution in [0.2, 0.25) is 0 Å². The third kappa shape index (κ3) is 3.14. The van der Waals surface area contributed by atoms with Crippen molar-refractivity contribution in [2.24, 2.45) is 0 Å². The van der Waals surface area contributed by atoms with Gasteiger partial charge in [-0.1, -0.05) is 17.7 Å². The Bertz CT molecular complexity index is 465. The molecule has 0 aliphatic rings. The lowest BCUT2D eigenvalue weighted by atomic mass is 10.2. The molecule has 1 rings (SSSR count). The standard InChI is InChI=1S/C12H11NO2S/c1-8-3-5-10(6-4-8)16-12(15)11(7-13)9(2)14/h3-6,14H,1-2H3/b11-9-. The van der Waals surface area contributed by atoms with Crippen molar-refractivity contribution in [3.8, 4) is 6.07 Å². The van der Waals surface area contributed by atoms with E-state index in [1.54, 1.807) is 18.2 Å². The molecule has 0 heterocycles. The van der Waals surface area contributed by atoms with E-state index in [2.05, 4.69) is 0 Å². The van der Waals surface area contributed by atoms with E-state index in [0.717, 1.165) is 22.2 Å². The van der Waals surface area contributed by atoms with Crippen molar-refractivity contribution < 1.29 is 9.90 Å². The molecule has 0 aliphatic heterocycles. The third-order valence-electron chi connectivity index (χ3n) is 1.91. The predicted molar refractivity (Wildman–Crippen MR) is 63.0 cm³/mol. The summed E-state index contributed by atoms with van der Waals surface area (Å²) in [7, 11) is 0. The van der Waals surface area contributed by atoms with Crippen molar-refractivity contribution in [1.29, 1.82) is 5.26 Å². The summed E-state index contributed by atoms with van der Waals surface area (Å²) < 4.78 is 0. The Morgan fingerprint density at radius 1 is 1.38 bits per heavy atom. The van der Waals surface area contributed by atoms with E-state index in [0.29, 0.717) is 0 Å². The second-order valence-electron chi connectivity index (χ2n) is 3.27. The summed E-state index contributed by atoms with van der Waals surface area (Å²) in [6.07, 6.45) is 0. The number of carbonyl (C=O) groups excluding carboxylic acids is 1. The maximum Gasteiger partial charge on any atom is 0.238 e. The first-order valence-corrected chi connectivity index (χ1v) is 5.45. The van der Waals surface area contributed by atoms with Crippen molar-refractivity contribution in [2.45, 2.75) is 18.7 Å². The van der Waals surface area contributed by atoms with E-state index in [4.69, 9.17) is 10.4 Å². The topological polar surface area (TPSA) is 61.1 Å². The highest BCUT2D eigenvalue weighted by molar-refractivity contribution is 8.14. The van der Waals surface area contributed by atoms with Gasteiger partial charge in [-0.2, -0.15) is 5.26 Å². The summed E-state index contributed by atoms with van der Waals surface area (Å²) in [5.41, 5.74) is 0.900. The zero-order chi connectivity index (χ0) is 12.1. The molecule has 0 amide bonds. The number of benzene rings is 1. The molecule has 0 saturated heterocycles. The van der Waals surface area contributed by atoms with Crippen LogP contribution < -0.4 is 0 Å². The minimum atomic E-state index is -0.439. The molecule has 1 aromatic rings. The first kappa shape index (κ1) is 12.3. The SMILES string of the molecule is C/C(O)=C(\C#N)C(=O)Sc1ccc(C)cc1. The summed E-state index contributed by atoms with van der Waals surface area (Å²) in [4.78, 5) is 12.3. The van der Waals surface area contributed by atoms with Gasteiger partial charge >= 0.3 is 0 Å². The minimum absolute atomic E-state index is 0.203. The van der Waals surface area contributed by atoms with Gasteiger partial charge in [0.2, 0.25) is 5.12 Å². The van der Waals surface area contributed by atoms with E-state index in [-0.39, 0.29) is 11.3 Å². The Labute approximate surface area is 98.4 Å². The lowest BCUT2D eigenvalue weighted by Crippen LogP contribution is -1.98. The van der Waals surface area contributed by atoms with Crippen LogP contribution in [-0.2, 0) is 4.79 Å². The normalized spacial score (nSPS) is 11.6. The lowest BCUT2D eigenvalue weighted by Gasteiger charge is -2.00. The van der Waals surface area contributed by atoms with Crippen molar-refractivity contribution in [3.63, 3.8) is 0 Å². The molecule has 0 fully saturated rings. The number of aryl methyl sites for hydroxylation is 1. The molecule has 82 valence electrons. The van der Waals surface area contributed by atoms with Crippen molar-refractivity contribution in [3.05, 3.63) is 41.2 Å². The Morgan fingerprint density at radius 3 is 2.38 bits per heavy atom. The molecule has 0 radical (unpaired) electrons. The highest BCUT2D eigenvalue weighted by Gasteiger charge is 2.13. The number of rotatable bonds is 2. The molecule has 0 saturated carbocycles. The van der Waals surface area contributed by atoms with Gasteiger partial charge in [-0.05, 0) is 37.7 Å². The van der Waals surface area contributed by atoms with Crippen LogP contribution in [-0.4, -0.2) is 10.2 Å². The van der Waals surface area contributed by atoms with E-state index in [1.165, 1.54) is 6.92 Å². The summed E-state index contributed by atoms with van der Waals surface area (Å²) >= 11 is 0.934. The Balaban J connectivity index is 2.84. The van der Waals surface area contributed by atoms with E-state index in [1.807, 2.05) is 19.1 Å². The molecule has 0 spiro atoms. The van der Waals surface area contributed by atoms with Gasteiger partial charge in [0, 0.05) is 4.90 Å². The number of thioether (sulfide) groups is 1. The quantitative estimate of drug-likeness (QED) is 0.369. The molecular weight excluding hydrogens is 222 g/mol. The monoisotopic (exact) mass is 233 g/mol. The fourth-order valence-electron chi connectivity index (χ4n) is 1.04. The second-order valence-corrected chi connectivity index (χ2v) is 4.32. The van der Waals surface area contributed by atoms with Crippen LogP contribution in [0, 0.1) is 18.3 Å². The van der Waals surface area contributed by atoms with Gasteiger partial charge in [0.15, 0.2) is 0 Å². The maximum atomic E-state index is 11.6. The summed E-state index contributed by atoms with van der Waals surface area (Å²) in [5, 5.41) is 17.4. The number of nitriles is 1. The minimum Gasteiger partial charge on any atom is -0.511 e. The largest absolute Gasteiger partial charge is 0.511 e. The number of nitrogens with zero attached hydrogens (tertiary/aromatic N) is 1. The highest BCUT2D eigenvalue weighted by atomic mass is 32.2. The molecule has 4 heteroatoms. The summed E-state index contributed by atoms with van der Waals surface area (Å²) in [6.45, 7) is 3.28. The smallest absolute Gasteiger partial charge is 0.238 e. The zero-order valence-electron chi connectivity index (χ0n) is 9.02. The van der Waals surface area contributed by atoms with Crippen LogP contribution in [0.4, 0.5) is 0 Å². The number of hydrogen-bond acceptors (Lipinski definition) is 4. The van der Waals surface area contributed by atoms with E-state index < -0.39 is 5.12 Å². The summed E-state index contributed by atoms with van der Waals surface area (Å²) in [5.74, 6) is -0.243. The first-order chi connectivity index (χ1) is 7.54. The van der Waals surface area contributed by atoms with Crippen LogP contribution in [0.25, 0.3) is 0 Å². The number of hydrogen-bond donors (Lipinski definition) is 1. The Hall–Kier alpha value is -1.73. The molecule has 16 heavy (non-hydrogen) atoms. The average Bonchev–Trinajstić information content (AvgIpc) is 2.22. The van der Waals surface area contributed by atoms with Crippen LogP contribution in [0.3, 0.4) is 0 Å². The van der Waals surface area contributed by atoms with Gasteiger partial charge in [-0.25, -0.2) is 0 Å². The van der Waals surface area contributed by atoms with E-state index in [9.17, 15) is 4.79 Å². The Kier molecular flexibility index (Phi) is 4.15. The maximum absolute atomic E-state index is 11.6. The van der Waals surface area contributed by atoms with Crippen LogP contribution in [0.5, 0.6) is 0 Å². The Morgan fingerprint density at radius 2 is 1.94 bits per heavy atom. The first-order valence-electron chi connectivity index (χ1n) is 4.63. The van der Waals surface area contributed by atoms with Gasteiger partial charge in [-0.3, -0.25) is 4.79 Å². The third-order valence-corrected chi connectivity index (χ3v) is 2.81. The fraction of sp³-hybridized carbons (Fsp3) is 0.167. The highest BCUT2D eigenvalue weighted by Crippen LogP contribution is 2.23. The molecule has 0 aromatic heterocycles. The molecular formula is C12H11NO2S. The van der Waals surface area contributed by atoms with Crippen molar-refractivity contribution in [1.82, 2.24) is 0 Å². The number of aliphatic hydroxyl groups is 1. The second kappa shape index (κ2) is 5.38. The molecule has 3 nitrogen and oxygen atoms in total. The molecule has 0 unspecified atom stereocenters. The van der Waals surface area contributed by atoms with Gasteiger partial charge < -0.3 is 5.11 Å². The average molecular weight is 233 g/mol. The summed E-state index contributed by atoms with van der Waals surface area (Å²) in [6, 6.07) is 9.07. The van der Waals surface area contributed by atoms with Gasteiger partial charge in [0.05, 0.1) is 0 Å². The van der Waals surface area contributed by atoms with Crippen LogP contribution in [0.1, 0.15) is 12.5 Å². The lowest BCUT2D eigenvalue weighted by molar-refractivity contribution is -0.107. The van der Waals surface area contributed by atoms with Gasteiger partial charge in [0.25, 0.3) is 0 Å². The zero-order valence-corrected chi connectivity index (χ0v) is 9.84. The molecule has 1 N–H and O–H groups in total. The van der Waals surface area contributed by atoms with Gasteiger partial charge in [0.1, 0.15) is 17.4 Å². The number of aliphatic hydroxyl groups excluding tert-OH is 1. The van der Waals surface area contributed by atoms with Crippen molar-refractivity contribution >= 4 is 16.9 Å². The van der Waals surface area contributed by atoms with Crippen LogP contribution in [0.15, 0.2) is 40.5 Å².